The summed E-state index contributed by atoms with van der Waals surface area (Å²) in [7, 11) is 0. The van der Waals surface area contributed by atoms with Crippen LogP contribution < -0.4 is 10.1 Å². The summed E-state index contributed by atoms with van der Waals surface area (Å²) in [6.07, 6.45) is 8.27. The van der Waals surface area contributed by atoms with Gasteiger partial charge in [-0.15, -0.1) is 0 Å². The van der Waals surface area contributed by atoms with Crippen LogP contribution in [-0.2, 0) is 0 Å². The molecule has 5 nitrogen and oxygen atoms in total. The number of hydrogen-bond donors (Lipinski definition) is 2. The van der Waals surface area contributed by atoms with Gasteiger partial charge < -0.3 is 20.4 Å². The second kappa shape index (κ2) is 10.4. The van der Waals surface area contributed by atoms with Crippen LogP contribution in [0.1, 0.15) is 36.0 Å². The van der Waals surface area contributed by atoms with Crippen LogP contribution in [0.4, 0.5) is 10.1 Å². The summed E-state index contributed by atoms with van der Waals surface area (Å²) in [6.45, 7) is 1.07. The number of para-hydroxylation sites is 1. The van der Waals surface area contributed by atoms with Crippen molar-refractivity contribution in [3.8, 4) is 5.75 Å². The highest BCUT2D eigenvalue weighted by atomic mass is 19.1. The average molecular weight is 395 g/mol. The van der Waals surface area contributed by atoms with Crippen LogP contribution in [0.15, 0.2) is 60.8 Å². The number of halogens is 1. The molecule has 0 radical (unpaired) electrons. The number of ether oxygens (including phenoxy) is 1. The molecule has 1 aliphatic carbocycles. The van der Waals surface area contributed by atoms with Crippen molar-refractivity contribution >= 4 is 17.8 Å². The number of anilines is 1. The van der Waals surface area contributed by atoms with E-state index in [1.165, 1.54) is 18.3 Å². The van der Waals surface area contributed by atoms with E-state index in [0.717, 1.165) is 24.9 Å². The molecule has 0 bridgehead atoms. The van der Waals surface area contributed by atoms with E-state index in [4.69, 9.17) is 10.1 Å². The van der Waals surface area contributed by atoms with E-state index >= 15 is 0 Å². The molecule has 6 heteroatoms. The predicted octanol–water partition coefficient (Wildman–Crippen LogP) is 4.86. The van der Waals surface area contributed by atoms with Gasteiger partial charge in [0.1, 0.15) is 11.6 Å². The molecule has 0 heterocycles. The minimum atomic E-state index is -0.290. The monoisotopic (exact) mass is 395 g/mol. The first-order valence-corrected chi connectivity index (χ1v) is 9.89. The second-order valence-corrected chi connectivity index (χ2v) is 6.95. The van der Waals surface area contributed by atoms with Gasteiger partial charge in [-0.2, -0.15) is 0 Å². The number of rotatable bonds is 10. The van der Waals surface area contributed by atoms with Gasteiger partial charge in [-0.1, -0.05) is 12.1 Å². The van der Waals surface area contributed by atoms with Gasteiger partial charge in [0.2, 0.25) is 0 Å². The lowest BCUT2D eigenvalue weighted by atomic mass is 9.90. The van der Waals surface area contributed by atoms with Crippen molar-refractivity contribution in [3.63, 3.8) is 0 Å². The zero-order valence-corrected chi connectivity index (χ0v) is 16.3. The minimum Gasteiger partial charge on any atom is -0.494 e. The Kier molecular flexibility index (Phi) is 7.39. The Morgan fingerprint density at radius 2 is 1.97 bits per heavy atom. The van der Waals surface area contributed by atoms with E-state index in [1.807, 2.05) is 29.2 Å². The molecule has 0 unspecified atom stereocenters. The number of benzene rings is 2. The van der Waals surface area contributed by atoms with Gasteiger partial charge in [0.15, 0.2) is 0 Å². The summed E-state index contributed by atoms with van der Waals surface area (Å²) in [6, 6.07) is 13.6. The quantitative estimate of drug-likeness (QED) is 0.446. The summed E-state index contributed by atoms with van der Waals surface area (Å²) >= 11 is 0. The van der Waals surface area contributed by atoms with Crippen molar-refractivity contribution in [1.29, 1.82) is 5.41 Å². The van der Waals surface area contributed by atoms with Crippen LogP contribution >= 0.6 is 0 Å². The second-order valence-electron chi connectivity index (χ2n) is 6.95. The lowest BCUT2D eigenvalue weighted by molar-refractivity contribution is 0.0566. The van der Waals surface area contributed by atoms with Crippen molar-refractivity contribution in [1.82, 2.24) is 4.90 Å². The Morgan fingerprint density at radius 1 is 1.21 bits per heavy atom. The van der Waals surface area contributed by atoms with E-state index < -0.39 is 0 Å². The van der Waals surface area contributed by atoms with Crippen LogP contribution in [0.2, 0.25) is 0 Å². The molecule has 2 N–H and O–H groups in total. The van der Waals surface area contributed by atoms with E-state index in [2.05, 4.69) is 5.32 Å². The molecule has 0 aromatic heterocycles. The first-order valence-electron chi connectivity index (χ1n) is 9.89. The summed E-state index contributed by atoms with van der Waals surface area (Å²) in [4.78, 5) is 15.2. The smallest absolute Gasteiger partial charge is 0.256 e. The van der Waals surface area contributed by atoms with Gasteiger partial charge in [-0.05, 0) is 68.2 Å². The molecule has 29 heavy (non-hydrogen) atoms. The topological polar surface area (TPSA) is 65.4 Å². The van der Waals surface area contributed by atoms with Gasteiger partial charge >= 0.3 is 0 Å². The lowest BCUT2D eigenvalue weighted by Crippen LogP contribution is -2.45. The third-order valence-corrected chi connectivity index (χ3v) is 4.99. The maximum absolute atomic E-state index is 13.3. The summed E-state index contributed by atoms with van der Waals surface area (Å²) in [5, 5.41) is 10.2. The fraction of sp³-hybridized carbons (Fsp3) is 0.304. The molecule has 1 amide bonds. The average Bonchev–Trinajstić information content (AvgIpc) is 2.70. The summed E-state index contributed by atoms with van der Waals surface area (Å²) in [5.74, 6) is 0.338. The fourth-order valence-corrected chi connectivity index (χ4v) is 3.24. The van der Waals surface area contributed by atoms with Crippen LogP contribution in [0.3, 0.4) is 0 Å². The number of allylic oxidation sites excluding steroid dienone is 1. The number of nitrogens with zero attached hydrogens (tertiary/aromatic N) is 1. The van der Waals surface area contributed by atoms with Gasteiger partial charge in [0.05, 0.1) is 17.9 Å². The molecule has 152 valence electrons. The van der Waals surface area contributed by atoms with Crippen LogP contribution in [0, 0.1) is 11.2 Å². The zero-order chi connectivity index (χ0) is 20.5. The molecule has 0 saturated heterocycles. The highest BCUT2D eigenvalue weighted by molar-refractivity contribution is 6.00. The molecule has 2 aromatic rings. The van der Waals surface area contributed by atoms with Crippen molar-refractivity contribution in [3.05, 3.63) is 72.2 Å². The molecule has 1 aliphatic rings. The van der Waals surface area contributed by atoms with E-state index in [0.29, 0.717) is 30.9 Å². The predicted molar refractivity (Wildman–Crippen MR) is 113 cm³/mol. The maximum Gasteiger partial charge on any atom is 0.256 e. The highest BCUT2D eigenvalue weighted by Crippen LogP contribution is 2.28. The Hall–Kier alpha value is -3.15. The Balaban J connectivity index is 1.62. The lowest BCUT2D eigenvalue weighted by Gasteiger charge is -2.38. The summed E-state index contributed by atoms with van der Waals surface area (Å²) < 4.78 is 18.6. The molecule has 1 fully saturated rings. The number of amides is 1. The molecular formula is C23H26FN3O2. The molecule has 2 aromatic carbocycles. The van der Waals surface area contributed by atoms with Gasteiger partial charge in [0, 0.05) is 25.0 Å². The molecule has 0 aliphatic heterocycles. The highest BCUT2D eigenvalue weighted by Gasteiger charge is 2.30. The van der Waals surface area contributed by atoms with Gasteiger partial charge in [0.25, 0.3) is 5.91 Å². The SMILES string of the molecule is N=C/C=C\Nc1ccccc1C(=O)N(CCCOc1ccc(F)cc1)C1CCC1. The maximum atomic E-state index is 13.3. The Morgan fingerprint density at radius 3 is 2.66 bits per heavy atom. The Bertz CT molecular complexity index is 847. The summed E-state index contributed by atoms with van der Waals surface area (Å²) in [5.41, 5.74) is 1.34. The van der Waals surface area contributed by atoms with Crippen molar-refractivity contribution in [2.24, 2.45) is 0 Å². The fourth-order valence-electron chi connectivity index (χ4n) is 3.24. The Labute approximate surface area is 170 Å². The van der Waals surface area contributed by atoms with Crippen molar-refractivity contribution in [2.75, 3.05) is 18.5 Å². The number of carbonyl (C=O) groups excluding carboxylic acids is 1. The molecular weight excluding hydrogens is 369 g/mol. The van der Waals surface area contributed by atoms with E-state index in [1.54, 1.807) is 24.4 Å². The third kappa shape index (κ3) is 5.67. The molecule has 0 spiro atoms. The molecule has 1 saturated carbocycles. The zero-order valence-electron chi connectivity index (χ0n) is 16.3. The standard InChI is InChI=1S/C23H26FN3O2/c24-18-10-12-20(13-11-18)29-17-5-16-27(19-6-3-7-19)23(28)21-8-1-2-9-22(21)26-15-4-14-25/h1-2,4,8-15,19,25-26H,3,5-7,16-17H2/b15-4-,25-14?. The van der Waals surface area contributed by atoms with Crippen LogP contribution in [0.5, 0.6) is 5.75 Å². The third-order valence-electron chi connectivity index (χ3n) is 4.99. The number of nitrogens with one attached hydrogen (secondary N) is 2. The largest absolute Gasteiger partial charge is 0.494 e. The van der Waals surface area contributed by atoms with E-state index in [9.17, 15) is 9.18 Å². The first-order chi connectivity index (χ1) is 14.2. The number of hydrogen-bond acceptors (Lipinski definition) is 4. The molecule has 0 atom stereocenters. The first kappa shape index (κ1) is 20.6. The van der Waals surface area contributed by atoms with Crippen molar-refractivity contribution < 1.29 is 13.9 Å². The van der Waals surface area contributed by atoms with E-state index in [-0.39, 0.29) is 17.8 Å². The van der Waals surface area contributed by atoms with Crippen molar-refractivity contribution in [2.45, 2.75) is 31.7 Å². The number of carbonyl (C=O) groups is 1. The normalized spacial score (nSPS) is 13.7. The molecule has 3 rings (SSSR count). The van der Waals surface area contributed by atoms with Crippen LogP contribution in [-0.4, -0.2) is 36.2 Å². The van der Waals surface area contributed by atoms with Gasteiger partial charge in [-0.3, -0.25) is 4.79 Å². The van der Waals surface area contributed by atoms with Crippen LogP contribution in [0.25, 0.3) is 0 Å². The van der Waals surface area contributed by atoms with Gasteiger partial charge in [-0.25, -0.2) is 4.39 Å². The minimum absolute atomic E-state index is 0.00263.